The Balaban J connectivity index is 2.49. The first kappa shape index (κ1) is 15.1. The number of rotatable bonds is 6. The Kier molecular flexibility index (Phi) is 6.25. The van der Waals surface area contributed by atoms with Crippen LogP contribution in [0.5, 0.6) is 0 Å². The van der Waals surface area contributed by atoms with Gasteiger partial charge in [0.05, 0.1) is 11.8 Å². The molecule has 0 saturated carbocycles. The maximum absolute atomic E-state index is 12.0. The van der Waals surface area contributed by atoms with Gasteiger partial charge in [0, 0.05) is 6.54 Å². The summed E-state index contributed by atoms with van der Waals surface area (Å²) in [5.74, 6) is -0.602. The third kappa shape index (κ3) is 4.37. The summed E-state index contributed by atoms with van der Waals surface area (Å²) < 4.78 is 0. The standard InChI is InChI=1S/C13H21NO3S/c1-9(8-18-2)7-14-12(15)10-5-3-4-6-11(10)13(16)17/h3-4,9-11H,5-8H2,1-2H3,(H,14,15)(H,16,17)/t9?,10-,11+/m1/s1. The minimum atomic E-state index is -0.878. The molecule has 0 saturated heterocycles. The molecule has 0 aromatic carbocycles. The second-order valence-electron chi connectivity index (χ2n) is 4.80. The van der Waals surface area contributed by atoms with Crippen molar-refractivity contribution in [1.82, 2.24) is 5.32 Å². The zero-order valence-electron chi connectivity index (χ0n) is 10.9. The molecule has 0 heterocycles. The largest absolute Gasteiger partial charge is 0.481 e. The molecule has 5 heteroatoms. The SMILES string of the molecule is CSCC(C)CNC(=O)[C@@H]1CC=CC[C@@H]1C(=O)O. The topological polar surface area (TPSA) is 66.4 Å². The maximum Gasteiger partial charge on any atom is 0.307 e. The van der Waals surface area contributed by atoms with E-state index in [4.69, 9.17) is 5.11 Å². The predicted octanol–water partition coefficient (Wildman–Crippen LogP) is 1.77. The average molecular weight is 271 g/mol. The van der Waals surface area contributed by atoms with Gasteiger partial charge in [-0.1, -0.05) is 19.1 Å². The van der Waals surface area contributed by atoms with Crippen molar-refractivity contribution in [3.05, 3.63) is 12.2 Å². The summed E-state index contributed by atoms with van der Waals surface area (Å²) >= 11 is 1.75. The molecule has 0 bridgehead atoms. The van der Waals surface area contributed by atoms with Gasteiger partial charge >= 0.3 is 5.97 Å². The average Bonchev–Trinajstić information content (AvgIpc) is 2.36. The molecule has 0 aromatic rings. The molecular weight excluding hydrogens is 250 g/mol. The van der Waals surface area contributed by atoms with Crippen molar-refractivity contribution >= 4 is 23.6 Å². The van der Waals surface area contributed by atoms with Gasteiger partial charge in [-0.2, -0.15) is 11.8 Å². The van der Waals surface area contributed by atoms with E-state index in [0.29, 0.717) is 25.3 Å². The predicted molar refractivity (Wildman–Crippen MR) is 73.5 cm³/mol. The van der Waals surface area contributed by atoms with Crippen molar-refractivity contribution in [2.24, 2.45) is 17.8 Å². The Labute approximate surface area is 112 Å². The zero-order chi connectivity index (χ0) is 13.5. The molecule has 0 fully saturated rings. The van der Waals surface area contributed by atoms with Crippen molar-refractivity contribution < 1.29 is 14.7 Å². The van der Waals surface area contributed by atoms with E-state index in [2.05, 4.69) is 12.2 Å². The Bertz CT molecular complexity index is 330. The third-order valence-electron chi connectivity index (χ3n) is 3.16. The fourth-order valence-electron chi connectivity index (χ4n) is 2.13. The van der Waals surface area contributed by atoms with Gasteiger partial charge in [0.1, 0.15) is 0 Å². The van der Waals surface area contributed by atoms with Crippen LogP contribution in [0.2, 0.25) is 0 Å². The molecule has 3 atom stereocenters. The van der Waals surface area contributed by atoms with Crippen LogP contribution in [0.1, 0.15) is 19.8 Å². The number of thioether (sulfide) groups is 1. The number of hydrogen-bond acceptors (Lipinski definition) is 3. The highest BCUT2D eigenvalue weighted by atomic mass is 32.2. The highest BCUT2D eigenvalue weighted by Crippen LogP contribution is 2.26. The molecule has 1 aliphatic rings. The number of nitrogens with one attached hydrogen (secondary N) is 1. The van der Waals surface area contributed by atoms with Gasteiger partial charge in [-0.3, -0.25) is 9.59 Å². The fourth-order valence-corrected chi connectivity index (χ4v) is 2.81. The molecule has 0 spiro atoms. The molecule has 1 rings (SSSR count). The highest BCUT2D eigenvalue weighted by Gasteiger charge is 2.33. The van der Waals surface area contributed by atoms with Crippen molar-refractivity contribution in [2.45, 2.75) is 19.8 Å². The van der Waals surface area contributed by atoms with Crippen LogP contribution in [-0.4, -0.2) is 35.5 Å². The van der Waals surface area contributed by atoms with Crippen molar-refractivity contribution in [2.75, 3.05) is 18.6 Å². The zero-order valence-corrected chi connectivity index (χ0v) is 11.7. The Morgan fingerprint density at radius 3 is 2.56 bits per heavy atom. The lowest BCUT2D eigenvalue weighted by Gasteiger charge is -2.24. The van der Waals surface area contributed by atoms with E-state index in [0.717, 1.165) is 5.75 Å². The smallest absolute Gasteiger partial charge is 0.307 e. The van der Waals surface area contributed by atoms with Crippen LogP contribution in [-0.2, 0) is 9.59 Å². The number of hydrogen-bond donors (Lipinski definition) is 2. The van der Waals surface area contributed by atoms with Crippen LogP contribution >= 0.6 is 11.8 Å². The summed E-state index contributed by atoms with van der Waals surface area (Å²) in [6, 6.07) is 0. The number of carbonyl (C=O) groups excluding carboxylic acids is 1. The summed E-state index contributed by atoms with van der Waals surface area (Å²) in [5.41, 5.74) is 0. The molecule has 4 nitrogen and oxygen atoms in total. The van der Waals surface area contributed by atoms with Gasteiger partial charge in [-0.25, -0.2) is 0 Å². The van der Waals surface area contributed by atoms with E-state index >= 15 is 0 Å². The Morgan fingerprint density at radius 1 is 1.39 bits per heavy atom. The number of amides is 1. The Hall–Kier alpha value is -0.970. The van der Waals surface area contributed by atoms with Crippen molar-refractivity contribution in [3.8, 4) is 0 Å². The van der Waals surface area contributed by atoms with E-state index in [9.17, 15) is 9.59 Å². The molecule has 0 aromatic heterocycles. The molecule has 2 N–H and O–H groups in total. The van der Waals surface area contributed by atoms with Crippen molar-refractivity contribution in [3.63, 3.8) is 0 Å². The lowest BCUT2D eigenvalue weighted by molar-refractivity contribution is -0.147. The Morgan fingerprint density at radius 2 is 2.00 bits per heavy atom. The molecule has 1 unspecified atom stereocenters. The van der Waals surface area contributed by atoms with Gasteiger partial charge in [-0.05, 0) is 30.8 Å². The second kappa shape index (κ2) is 7.46. The number of carboxylic acids is 1. The van der Waals surface area contributed by atoms with Crippen LogP contribution in [0.15, 0.2) is 12.2 Å². The first-order valence-electron chi connectivity index (χ1n) is 6.20. The molecule has 1 amide bonds. The summed E-state index contributed by atoms with van der Waals surface area (Å²) in [7, 11) is 0. The lowest BCUT2D eigenvalue weighted by atomic mass is 9.82. The molecule has 1 aliphatic carbocycles. The first-order chi connectivity index (χ1) is 8.56. The molecule has 0 radical (unpaired) electrons. The quantitative estimate of drug-likeness (QED) is 0.723. The first-order valence-corrected chi connectivity index (χ1v) is 7.60. The minimum absolute atomic E-state index is 0.125. The molecule has 18 heavy (non-hydrogen) atoms. The van der Waals surface area contributed by atoms with Crippen LogP contribution in [0.4, 0.5) is 0 Å². The number of carboxylic acid groups (broad SMARTS) is 1. The number of aliphatic carboxylic acids is 1. The van der Waals surface area contributed by atoms with Crippen LogP contribution < -0.4 is 5.32 Å². The maximum atomic E-state index is 12.0. The van der Waals surface area contributed by atoms with Gasteiger partial charge < -0.3 is 10.4 Å². The normalized spacial score (nSPS) is 24.6. The van der Waals surface area contributed by atoms with E-state index in [1.165, 1.54) is 0 Å². The van der Waals surface area contributed by atoms with E-state index in [1.54, 1.807) is 11.8 Å². The minimum Gasteiger partial charge on any atom is -0.481 e. The molecule has 0 aliphatic heterocycles. The molecule has 102 valence electrons. The fraction of sp³-hybridized carbons (Fsp3) is 0.692. The van der Waals surface area contributed by atoms with Crippen LogP contribution in [0, 0.1) is 17.8 Å². The van der Waals surface area contributed by atoms with Gasteiger partial charge in [0.15, 0.2) is 0 Å². The summed E-state index contributed by atoms with van der Waals surface area (Å²) in [5, 5.41) is 12.0. The lowest BCUT2D eigenvalue weighted by Crippen LogP contribution is -2.40. The second-order valence-corrected chi connectivity index (χ2v) is 5.71. The number of allylic oxidation sites excluding steroid dienone is 2. The van der Waals surface area contributed by atoms with Gasteiger partial charge in [0.25, 0.3) is 0 Å². The van der Waals surface area contributed by atoms with E-state index < -0.39 is 17.8 Å². The summed E-state index contributed by atoms with van der Waals surface area (Å²) in [6.07, 6.45) is 6.76. The van der Waals surface area contributed by atoms with Gasteiger partial charge in [-0.15, -0.1) is 0 Å². The summed E-state index contributed by atoms with van der Waals surface area (Å²) in [4.78, 5) is 23.1. The monoisotopic (exact) mass is 271 g/mol. The van der Waals surface area contributed by atoms with E-state index in [1.807, 2.05) is 18.4 Å². The summed E-state index contributed by atoms with van der Waals surface area (Å²) in [6.45, 7) is 2.69. The number of carbonyl (C=O) groups is 2. The van der Waals surface area contributed by atoms with Gasteiger partial charge in [0.2, 0.25) is 5.91 Å². The third-order valence-corrected chi connectivity index (χ3v) is 4.06. The van der Waals surface area contributed by atoms with Crippen LogP contribution in [0.25, 0.3) is 0 Å². The highest BCUT2D eigenvalue weighted by molar-refractivity contribution is 7.98. The van der Waals surface area contributed by atoms with E-state index in [-0.39, 0.29) is 5.91 Å². The van der Waals surface area contributed by atoms with Crippen LogP contribution in [0.3, 0.4) is 0 Å². The molecular formula is C13H21NO3S. The van der Waals surface area contributed by atoms with Crippen molar-refractivity contribution in [1.29, 1.82) is 0 Å².